The zero-order chi connectivity index (χ0) is 28.8. The second-order valence-electron chi connectivity index (χ2n) is 9.05. The molecular weight excluding hydrogens is 556 g/mol. The number of para-hydroxylation sites is 1. The quantitative estimate of drug-likeness (QED) is 0.364. The molecule has 214 valence electrons. The van der Waals surface area contributed by atoms with E-state index in [1.54, 1.807) is 30.3 Å². The Bertz CT molecular complexity index is 1230. The number of hydrogen-bond acceptors (Lipinski definition) is 5. The number of halogens is 6. The van der Waals surface area contributed by atoms with Gasteiger partial charge < -0.3 is 4.74 Å². The lowest BCUT2D eigenvalue weighted by atomic mass is 9.82. The van der Waals surface area contributed by atoms with E-state index in [4.69, 9.17) is 4.74 Å². The summed E-state index contributed by atoms with van der Waals surface area (Å²) in [6, 6.07) is 8.84. The molecule has 8 nitrogen and oxygen atoms in total. The van der Waals surface area contributed by atoms with Crippen molar-refractivity contribution in [3.8, 4) is 0 Å². The third-order valence-corrected chi connectivity index (χ3v) is 7.08. The highest BCUT2D eigenvalue weighted by atomic mass is 32.2. The molecule has 0 bridgehead atoms. The summed E-state index contributed by atoms with van der Waals surface area (Å²) in [7, 11) is -4.58. The second-order valence-corrected chi connectivity index (χ2v) is 10.6. The standard InChI is InChI=1S/C24H25F6N3O5S/c25-23(26,27)18-10-17(11-19(12-18)24(28,29)30)21(34)33-39(36,37)31-13-15-6-8-16(9-7-15)14-38-22(35)32-20-4-2-1-3-5-20/h1-5,10-12,15-16,31H,6-9,13-14H2,(H,32,35)(H,33,34). The highest BCUT2D eigenvalue weighted by Gasteiger charge is 2.38. The lowest BCUT2D eigenvalue weighted by molar-refractivity contribution is -0.143. The number of amides is 2. The van der Waals surface area contributed by atoms with Gasteiger partial charge in [0.1, 0.15) is 0 Å². The van der Waals surface area contributed by atoms with Crippen molar-refractivity contribution < 1.29 is 49.1 Å². The van der Waals surface area contributed by atoms with Crippen LogP contribution in [0, 0.1) is 11.8 Å². The Morgan fingerprint density at radius 2 is 1.38 bits per heavy atom. The van der Waals surface area contributed by atoms with Crippen LogP contribution in [0.5, 0.6) is 0 Å². The van der Waals surface area contributed by atoms with Gasteiger partial charge in [-0.05, 0) is 67.9 Å². The van der Waals surface area contributed by atoms with Crippen LogP contribution in [0.1, 0.15) is 47.2 Å². The van der Waals surface area contributed by atoms with Crippen molar-refractivity contribution in [3.63, 3.8) is 0 Å². The Morgan fingerprint density at radius 1 is 0.846 bits per heavy atom. The van der Waals surface area contributed by atoms with Crippen LogP contribution in [0.3, 0.4) is 0 Å². The molecule has 39 heavy (non-hydrogen) atoms. The first-order chi connectivity index (χ1) is 18.1. The van der Waals surface area contributed by atoms with Gasteiger partial charge in [-0.15, -0.1) is 0 Å². The van der Waals surface area contributed by atoms with E-state index < -0.39 is 51.3 Å². The summed E-state index contributed by atoms with van der Waals surface area (Å²) in [6.45, 7) is 0.0607. The molecule has 0 aliphatic heterocycles. The summed E-state index contributed by atoms with van der Waals surface area (Å²) in [6.07, 6.45) is -8.61. The van der Waals surface area contributed by atoms with E-state index in [1.807, 2.05) is 0 Å². The first kappa shape index (κ1) is 30.2. The first-order valence-corrected chi connectivity index (χ1v) is 13.2. The zero-order valence-corrected chi connectivity index (χ0v) is 21.0. The third-order valence-electron chi connectivity index (χ3n) is 6.08. The number of anilines is 1. The number of nitrogens with one attached hydrogen (secondary N) is 3. The Labute approximate surface area is 220 Å². The number of benzene rings is 2. The maximum absolute atomic E-state index is 13.0. The Morgan fingerprint density at radius 3 is 1.92 bits per heavy atom. The van der Waals surface area contributed by atoms with E-state index in [2.05, 4.69) is 10.0 Å². The molecule has 0 spiro atoms. The van der Waals surface area contributed by atoms with Crippen molar-refractivity contribution in [3.05, 3.63) is 65.2 Å². The molecule has 1 saturated carbocycles. The Hall–Kier alpha value is -3.33. The highest BCUT2D eigenvalue weighted by molar-refractivity contribution is 7.88. The van der Waals surface area contributed by atoms with Gasteiger partial charge in [0.25, 0.3) is 5.91 Å². The van der Waals surface area contributed by atoms with Crippen LogP contribution in [0.4, 0.5) is 36.8 Å². The van der Waals surface area contributed by atoms with Crippen LogP contribution in [-0.4, -0.2) is 33.6 Å². The fraction of sp³-hybridized carbons (Fsp3) is 0.417. The lowest BCUT2D eigenvalue weighted by Crippen LogP contribution is -2.42. The maximum atomic E-state index is 13.0. The average Bonchev–Trinajstić information content (AvgIpc) is 2.86. The van der Waals surface area contributed by atoms with E-state index in [0.717, 1.165) is 0 Å². The SMILES string of the molecule is O=C(Nc1ccccc1)OCC1CCC(CNS(=O)(=O)NC(=O)c2cc(C(F)(F)F)cc(C(F)(F)F)c2)CC1. The number of carbonyl (C=O) groups is 2. The van der Waals surface area contributed by atoms with Gasteiger partial charge in [0.2, 0.25) is 0 Å². The van der Waals surface area contributed by atoms with Crippen LogP contribution in [-0.2, 0) is 27.3 Å². The molecule has 1 fully saturated rings. The third kappa shape index (κ3) is 9.42. The largest absolute Gasteiger partial charge is 0.449 e. The second kappa shape index (κ2) is 12.2. The van der Waals surface area contributed by atoms with E-state index in [0.29, 0.717) is 31.4 Å². The Kier molecular flexibility index (Phi) is 9.48. The lowest BCUT2D eigenvalue weighted by Gasteiger charge is -2.28. The topological polar surface area (TPSA) is 114 Å². The van der Waals surface area contributed by atoms with Crippen LogP contribution in [0.15, 0.2) is 48.5 Å². The van der Waals surface area contributed by atoms with Crippen LogP contribution < -0.4 is 14.8 Å². The molecule has 2 aromatic carbocycles. The summed E-state index contributed by atoms with van der Waals surface area (Å²) in [5, 5.41) is 2.59. The van der Waals surface area contributed by atoms with Crippen molar-refractivity contribution in [1.29, 1.82) is 0 Å². The molecule has 0 unspecified atom stereocenters. The molecule has 3 rings (SSSR count). The molecular formula is C24H25F6N3O5S. The van der Waals surface area contributed by atoms with Gasteiger partial charge in [-0.25, -0.2) is 9.52 Å². The average molecular weight is 582 g/mol. The minimum atomic E-state index is -5.19. The van der Waals surface area contributed by atoms with Gasteiger partial charge in [-0.2, -0.15) is 39.5 Å². The summed E-state index contributed by atoms with van der Waals surface area (Å²) >= 11 is 0. The Balaban J connectivity index is 1.48. The molecule has 15 heteroatoms. The molecule has 0 atom stereocenters. The molecule has 2 aromatic rings. The zero-order valence-electron chi connectivity index (χ0n) is 20.2. The van der Waals surface area contributed by atoms with Crippen molar-refractivity contribution in [2.75, 3.05) is 18.5 Å². The molecule has 0 radical (unpaired) electrons. The number of rotatable bonds is 8. The molecule has 0 aromatic heterocycles. The number of carbonyl (C=O) groups excluding carboxylic acids is 2. The van der Waals surface area contributed by atoms with E-state index in [9.17, 15) is 44.3 Å². The molecule has 0 saturated heterocycles. The van der Waals surface area contributed by atoms with E-state index in [1.165, 1.54) is 4.72 Å². The van der Waals surface area contributed by atoms with Crippen molar-refractivity contribution in [2.24, 2.45) is 11.8 Å². The van der Waals surface area contributed by atoms with Gasteiger partial charge in [0.15, 0.2) is 0 Å². The van der Waals surface area contributed by atoms with Gasteiger partial charge in [-0.3, -0.25) is 10.1 Å². The smallest absolute Gasteiger partial charge is 0.416 e. The number of ether oxygens (including phenoxy) is 1. The summed E-state index contributed by atoms with van der Waals surface area (Å²) in [4.78, 5) is 24.1. The van der Waals surface area contributed by atoms with Gasteiger partial charge in [0, 0.05) is 17.8 Å². The van der Waals surface area contributed by atoms with Crippen molar-refractivity contribution in [1.82, 2.24) is 9.44 Å². The highest BCUT2D eigenvalue weighted by Crippen LogP contribution is 2.36. The van der Waals surface area contributed by atoms with E-state index in [-0.39, 0.29) is 43.2 Å². The first-order valence-electron chi connectivity index (χ1n) is 11.7. The van der Waals surface area contributed by atoms with Gasteiger partial charge >= 0.3 is 28.7 Å². The van der Waals surface area contributed by atoms with Crippen LogP contribution >= 0.6 is 0 Å². The fourth-order valence-corrected chi connectivity index (χ4v) is 4.89. The minimum Gasteiger partial charge on any atom is -0.449 e. The maximum Gasteiger partial charge on any atom is 0.416 e. The van der Waals surface area contributed by atoms with E-state index >= 15 is 0 Å². The normalized spacial score (nSPS) is 18.3. The summed E-state index contributed by atoms with van der Waals surface area (Å²) in [5.41, 5.74) is -4.02. The van der Waals surface area contributed by atoms with Crippen LogP contribution in [0.25, 0.3) is 0 Å². The summed E-state index contributed by atoms with van der Waals surface area (Å²) in [5.74, 6) is -1.73. The predicted octanol–water partition coefficient (Wildman–Crippen LogP) is 5.34. The predicted molar refractivity (Wildman–Crippen MR) is 128 cm³/mol. The van der Waals surface area contributed by atoms with Crippen LogP contribution in [0.2, 0.25) is 0 Å². The van der Waals surface area contributed by atoms with Gasteiger partial charge in [-0.1, -0.05) is 18.2 Å². The molecule has 1 aliphatic rings. The van der Waals surface area contributed by atoms with Gasteiger partial charge in [0.05, 0.1) is 17.7 Å². The fourth-order valence-electron chi connectivity index (χ4n) is 4.00. The molecule has 1 aliphatic carbocycles. The summed E-state index contributed by atoms with van der Waals surface area (Å²) < 4.78 is 111. The molecule has 2 amide bonds. The van der Waals surface area contributed by atoms with Crippen molar-refractivity contribution >= 4 is 27.9 Å². The molecule has 0 heterocycles. The van der Waals surface area contributed by atoms with Crippen molar-refractivity contribution in [2.45, 2.75) is 38.0 Å². The number of alkyl halides is 6. The molecule has 3 N–H and O–H groups in total. The number of hydrogen-bond donors (Lipinski definition) is 3. The monoisotopic (exact) mass is 581 g/mol. The minimum absolute atomic E-state index is 0.0582.